The van der Waals surface area contributed by atoms with Crippen LogP contribution in [0, 0.1) is 0 Å². The van der Waals surface area contributed by atoms with Gasteiger partial charge in [0.1, 0.15) is 0 Å². The molecule has 1 fully saturated rings. The fourth-order valence-electron chi connectivity index (χ4n) is 2.99. The van der Waals surface area contributed by atoms with Crippen LogP contribution in [0.15, 0.2) is 24.3 Å². The van der Waals surface area contributed by atoms with Crippen LogP contribution in [0.4, 0.5) is 13.2 Å². The summed E-state index contributed by atoms with van der Waals surface area (Å²) >= 11 is 0. The van der Waals surface area contributed by atoms with E-state index in [1.165, 1.54) is 42.7 Å². The van der Waals surface area contributed by atoms with Crippen LogP contribution in [0.3, 0.4) is 0 Å². The maximum absolute atomic E-state index is 12.7. The number of alkyl halides is 3. The third kappa shape index (κ3) is 4.70. The van der Waals surface area contributed by atoms with Crippen LogP contribution in [0.2, 0.25) is 0 Å². The number of likely N-dealkylation sites (N-methyl/N-ethyl adjacent to an activating group) is 2. The number of amides is 1. The third-order valence-electron chi connectivity index (χ3n) is 4.52. The molecule has 0 aliphatic heterocycles. The minimum atomic E-state index is -4.43. The summed E-state index contributed by atoms with van der Waals surface area (Å²) in [6.45, 7) is 1.23. The van der Waals surface area contributed by atoms with E-state index in [-0.39, 0.29) is 11.5 Å². The van der Waals surface area contributed by atoms with Gasteiger partial charge in [-0.25, -0.2) is 0 Å². The second kappa shape index (κ2) is 7.34. The molecule has 0 heterocycles. The first-order chi connectivity index (χ1) is 10.8. The van der Waals surface area contributed by atoms with E-state index in [0.29, 0.717) is 12.6 Å². The summed E-state index contributed by atoms with van der Waals surface area (Å²) in [5, 5.41) is 0. The summed E-state index contributed by atoms with van der Waals surface area (Å²) in [6.07, 6.45) is 0.420. The molecule has 1 saturated carbocycles. The molecule has 2 rings (SSSR count). The lowest BCUT2D eigenvalue weighted by Gasteiger charge is -2.27. The van der Waals surface area contributed by atoms with E-state index in [4.69, 9.17) is 0 Å². The fourth-order valence-corrected chi connectivity index (χ4v) is 2.99. The molecule has 0 atom stereocenters. The van der Waals surface area contributed by atoms with Gasteiger partial charge in [0.15, 0.2) is 0 Å². The van der Waals surface area contributed by atoms with E-state index in [9.17, 15) is 18.0 Å². The highest BCUT2D eigenvalue weighted by Gasteiger charge is 2.31. The number of carbonyl (C=O) groups excluding carboxylic acids is 1. The zero-order valence-electron chi connectivity index (χ0n) is 13.6. The Morgan fingerprint density at radius 1 is 1.17 bits per heavy atom. The molecule has 1 amide bonds. The Balaban J connectivity index is 1.94. The molecule has 0 spiro atoms. The van der Waals surface area contributed by atoms with Gasteiger partial charge in [0, 0.05) is 31.7 Å². The van der Waals surface area contributed by atoms with E-state index >= 15 is 0 Å². The molecule has 0 N–H and O–H groups in total. The molecule has 1 aromatic rings. The second-order valence-corrected chi connectivity index (χ2v) is 6.22. The van der Waals surface area contributed by atoms with Gasteiger partial charge in [0.2, 0.25) is 0 Å². The molecular weight excluding hydrogens is 305 g/mol. The summed E-state index contributed by atoms with van der Waals surface area (Å²) in [5.41, 5.74) is -0.717. The van der Waals surface area contributed by atoms with Crippen LogP contribution < -0.4 is 0 Å². The number of halogens is 3. The minimum absolute atomic E-state index is 0.0749. The van der Waals surface area contributed by atoms with Gasteiger partial charge in [-0.1, -0.05) is 18.9 Å². The van der Waals surface area contributed by atoms with Crippen LogP contribution in [0.25, 0.3) is 0 Å². The normalized spacial score (nSPS) is 16.1. The predicted octanol–water partition coefficient (Wildman–Crippen LogP) is 3.65. The highest BCUT2D eigenvalue weighted by atomic mass is 19.4. The first-order valence-electron chi connectivity index (χ1n) is 7.92. The van der Waals surface area contributed by atoms with Crippen molar-refractivity contribution in [1.82, 2.24) is 9.80 Å². The van der Waals surface area contributed by atoms with Gasteiger partial charge < -0.3 is 9.80 Å². The van der Waals surface area contributed by atoms with Gasteiger partial charge >= 0.3 is 6.18 Å². The Hall–Kier alpha value is -1.56. The zero-order chi connectivity index (χ0) is 17.0. The van der Waals surface area contributed by atoms with Crippen LogP contribution in [-0.4, -0.2) is 48.9 Å². The smallest absolute Gasteiger partial charge is 0.340 e. The molecule has 0 bridgehead atoms. The lowest BCUT2D eigenvalue weighted by atomic mass is 10.1. The fraction of sp³-hybridized carbons (Fsp3) is 0.588. The van der Waals surface area contributed by atoms with Gasteiger partial charge in [0.25, 0.3) is 5.91 Å². The number of carbonyl (C=O) groups is 1. The molecule has 0 radical (unpaired) electrons. The van der Waals surface area contributed by atoms with Gasteiger partial charge in [-0.2, -0.15) is 13.2 Å². The van der Waals surface area contributed by atoms with Gasteiger partial charge in [-0.15, -0.1) is 0 Å². The van der Waals surface area contributed by atoms with Crippen molar-refractivity contribution in [3.63, 3.8) is 0 Å². The monoisotopic (exact) mass is 328 g/mol. The predicted molar refractivity (Wildman–Crippen MR) is 83.3 cm³/mol. The van der Waals surface area contributed by atoms with Crippen molar-refractivity contribution in [2.24, 2.45) is 0 Å². The van der Waals surface area contributed by atoms with Crippen LogP contribution in [0.5, 0.6) is 0 Å². The highest BCUT2D eigenvalue weighted by Crippen LogP contribution is 2.29. The number of hydrogen-bond acceptors (Lipinski definition) is 2. The lowest BCUT2D eigenvalue weighted by Crippen LogP contribution is -2.38. The second-order valence-electron chi connectivity index (χ2n) is 6.22. The van der Waals surface area contributed by atoms with Gasteiger partial charge in [0.05, 0.1) is 5.56 Å². The summed E-state index contributed by atoms with van der Waals surface area (Å²) in [5.74, 6) is -0.379. The average Bonchev–Trinajstić information content (AvgIpc) is 3.05. The molecule has 6 heteroatoms. The quantitative estimate of drug-likeness (QED) is 0.824. The number of benzene rings is 1. The number of nitrogens with zero attached hydrogens (tertiary/aromatic N) is 2. The van der Waals surface area contributed by atoms with Gasteiger partial charge in [-0.3, -0.25) is 4.79 Å². The molecule has 1 aromatic carbocycles. The van der Waals surface area contributed by atoms with Gasteiger partial charge in [-0.05, 0) is 38.1 Å². The average molecular weight is 328 g/mol. The Kier molecular flexibility index (Phi) is 5.68. The maximum Gasteiger partial charge on any atom is 0.416 e. The summed E-state index contributed by atoms with van der Waals surface area (Å²) < 4.78 is 38.2. The van der Waals surface area contributed by atoms with Crippen molar-refractivity contribution in [3.8, 4) is 0 Å². The topological polar surface area (TPSA) is 23.6 Å². The summed E-state index contributed by atoms with van der Waals surface area (Å²) in [4.78, 5) is 16.0. The lowest BCUT2D eigenvalue weighted by molar-refractivity contribution is -0.137. The zero-order valence-corrected chi connectivity index (χ0v) is 13.6. The summed E-state index contributed by atoms with van der Waals surface area (Å²) in [6, 6.07) is 5.15. The molecule has 128 valence electrons. The molecule has 0 saturated heterocycles. The summed E-state index contributed by atoms with van der Waals surface area (Å²) in [7, 11) is 3.67. The Morgan fingerprint density at radius 3 is 2.43 bits per heavy atom. The van der Waals surface area contributed by atoms with E-state index in [2.05, 4.69) is 4.90 Å². The van der Waals surface area contributed by atoms with Crippen molar-refractivity contribution >= 4 is 5.91 Å². The molecular formula is C17H23F3N2O. The minimum Gasteiger partial charge on any atom is -0.340 e. The molecule has 3 nitrogen and oxygen atoms in total. The Labute approximate surface area is 135 Å². The van der Waals surface area contributed by atoms with Crippen molar-refractivity contribution in [3.05, 3.63) is 35.4 Å². The SMILES string of the molecule is CN(CCN(C)C1CCCC1)C(=O)c1cccc(C(F)(F)F)c1. The molecule has 1 aliphatic rings. The van der Waals surface area contributed by atoms with E-state index in [1.807, 2.05) is 7.05 Å². The van der Waals surface area contributed by atoms with Crippen LogP contribution >= 0.6 is 0 Å². The third-order valence-corrected chi connectivity index (χ3v) is 4.52. The van der Waals surface area contributed by atoms with E-state index < -0.39 is 11.7 Å². The standard InChI is InChI=1S/C17H23F3N2O/c1-21(15-8-3-4-9-15)10-11-22(2)16(23)13-6-5-7-14(12-13)17(18,19)20/h5-7,12,15H,3-4,8-11H2,1-2H3. The largest absolute Gasteiger partial charge is 0.416 e. The molecule has 1 aliphatic carbocycles. The maximum atomic E-state index is 12.7. The van der Waals surface area contributed by atoms with Crippen molar-refractivity contribution < 1.29 is 18.0 Å². The molecule has 23 heavy (non-hydrogen) atoms. The Bertz CT molecular complexity index is 539. The number of hydrogen-bond donors (Lipinski definition) is 0. The van der Waals surface area contributed by atoms with Crippen molar-refractivity contribution in [1.29, 1.82) is 0 Å². The van der Waals surface area contributed by atoms with Crippen LogP contribution in [-0.2, 0) is 6.18 Å². The van der Waals surface area contributed by atoms with Crippen LogP contribution in [0.1, 0.15) is 41.6 Å². The highest BCUT2D eigenvalue weighted by molar-refractivity contribution is 5.94. The Morgan fingerprint density at radius 2 is 1.83 bits per heavy atom. The van der Waals surface area contributed by atoms with Crippen molar-refractivity contribution in [2.75, 3.05) is 27.2 Å². The first-order valence-corrected chi connectivity index (χ1v) is 7.92. The first kappa shape index (κ1) is 17.8. The van der Waals surface area contributed by atoms with E-state index in [0.717, 1.165) is 18.7 Å². The molecule has 0 unspecified atom stereocenters. The van der Waals surface area contributed by atoms with E-state index in [1.54, 1.807) is 7.05 Å². The number of rotatable bonds is 5. The van der Waals surface area contributed by atoms with Crippen molar-refractivity contribution in [2.45, 2.75) is 37.9 Å². The molecule has 0 aromatic heterocycles.